The number of amides is 1. The van der Waals surface area contributed by atoms with Gasteiger partial charge in [0, 0.05) is 6.42 Å². The summed E-state index contributed by atoms with van der Waals surface area (Å²) in [5.41, 5.74) is 0.955. The van der Waals surface area contributed by atoms with Crippen molar-refractivity contribution in [2.24, 2.45) is 0 Å². The molecule has 1 rings (SSSR count). The molecule has 0 radical (unpaired) electrons. The fourth-order valence-corrected chi connectivity index (χ4v) is 2.30. The van der Waals surface area contributed by atoms with E-state index < -0.39 is 18.6 Å². The molecule has 7 heteroatoms. The van der Waals surface area contributed by atoms with Crippen molar-refractivity contribution in [3.63, 3.8) is 0 Å². The second-order valence-corrected chi connectivity index (χ2v) is 5.15. The number of aryl methyl sites for hydroxylation is 1. The molecule has 1 aromatic carbocycles. The first-order valence-corrected chi connectivity index (χ1v) is 7.11. The van der Waals surface area contributed by atoms with Gasteiger partial charge in [-0.25, -0.2) is 4.79 Å². The Balaban J connectivity index is 2.53. The fourth-order valence-electron chi connectivity index (χ4n) is 1.71. The van der Waals surface area contributed by atoms with E-state index in [-0.39, 0.29) is 12.3 Å². The number of aliphatic hydroxyl groups is 1. The molecule has 1 aromatic rings. The number of ether oxygens (including phenoxy) is 2. The van der Waals surface area contributed by atoms with Crippen molar-refractivity contribution in [3.8, 4) is 5.75 Å². The number of hydrogen-bond acceptors (Lipinski definition) is 5. The van der Waals surface area contributed by atoms with Crippen molar-refractivity contribution in [2.75, 3.05) is 20.8 Å². The minimum Gasteiger partial charge on any atom is -0.496 e. The van der Waals surface area contributed by atoms with Crippen molar-refractivity contribution in [2.45, 2.75) is 18.9 Å². The number of aliphatic hydroxyl groups excluding tert-OH is 1. The van der Waals surface area contributed by atoms with E-state index in [1.807, 2.05) is 18.2 Å². The first kappa shape index (κ1) is 17.5. The maximum atomic E-state index is 11.7. The molecule has 0 saturated heterocycles. The Bertz CT molecular complexity index is 506. The molecule has 0 aliphatic carbocycles. The van der Waals surface area contributed by atoms with Gasteiger partial charge in [-0.05, 0) is 40.0 Å². The van der Waals surface area contributed by atoms with Crippen molar-refractivity contribution in [1.29, 1.82) is 0 Å². The molecule has 1 unspecified atom stereocenters. The molecule has 21 heavy (non-hydrogen) atoms. The van der Waals surface area contributed by atoms with Gasteiger partial charge in [-0.1, -0.05) is 6.07 Å². The highest BCUT2D eigenvalue weighted by atomic mass is 79.9. The normalized spacial score (nSPS) is 11.6. The average Bonchev–Trinajstić information content (AvgIpc) is 2.49. The third-order valence-corrected chi connectivity index (χ3v) is 3.48. The summed E-state index contributed by atoms with van der Waals surface area (Å²) in [5.74, 6) is -0.279. The van der Waals surface area contributed by atoms with Crippen LogP contribution in [0.4, 0.5) is 0 Å². The van der Waals surface area contributed by atoms with Gasteiger partial charge in [0.2, 0.25) is 5.91 Å². The minimum absolute atomic E-state index is 0.201. The molecule has 0 bridgehead atoms. The first-order chi connectivity index (χ1) is 10.0. The smallest absolute Gasteiger partial charge is 0.330 e. The van der Waals surface area contributed by atoms with Crippen LogP contribution in [0.15, 0.2) is 22.7 Å². The largest absolute Gasteiger partial charge is 0.496 e. The van der Waals surface area contributed by atoms with Crippen LogP contribution in [0.25, 0.3) is 0 Å². The lowest BCUT2D eigenvalue weighted by atomic mass is 10.1. The Labute approximate surface area is 131 Å². The molecule has 0 aliphatic heterocycles. The van der Waals surface area contributed by atoms with Gasteiger partial charge in [-0.2, -0.15) is 0 Å². The number of carbonyl (C=O) groups excluding carboxylic acids is 2. The van der Waals surface area contributed by atoms with Gasteiger partial charge in [0.15, 0.2) is 6.04 Å². The predicted octanol–water partition coefficient (Wildman–Crippen LogP) is 1.04. The van der Waals surface area contributed by atoms with Gasteiger partial charge in [0.05, 0.1) is 25.3 Å². The first-order valence-electron chi connectivity index (χ1n) is 6.32. The summed E-state index contributed by atoms with van der Waals surface area (Å²) in [5, 5.41) is 11.4. The maximum Gasteiger partial charge on any atom is 0.330 e. The average molecular weight is 360 g/mol. The molecule has 2 N–H and O–H groups in total. The van der Waals surface area contributed by atoms with Crippen LogP contribution in [-0.4, -0.2) is 43.9 Å². The summed E-state index contributed by atoms with van der Waals surface area (Å²) in [7, 11) is 2.78. The molecule has 0 fully saturated rings. The van der Waals surface area contributed by atoms with Crippen molar-refractivity contribution in [1.82, 2.24) is 5.32 Å². The number of benzene rings is 1. The van der Waals surface area contributed by atoms with Gasteiger partial charge in [-0.15, -0.1) is 0 Å². The Morgan fingerprint density at radius 2 is 2.10 bits per heavy atom. The van der Waals surface area contributed by atoms with Gasteiger partial charge >= 0.3 is 5.97 Å². The van der Waals surface area contributed by atoms with E-state index in [9.17, 15) is 9.59 Å². The predicted molar refractivity (Wildman–Crippen MR) is 80.0 cm³/mol. The number of esters is 1. The van der Waals surface area contributed by atoms with E-state index in [0.29, 0.717) is 12.2 Å². The molecule has 6 nitrogen and oxygen atoms in total. The molecular weight excluding hydrogens is 342 g/mol. The Hall–Kier alpha value is -1.60. The summed E-state index contributed by atoms with van der Waals surface area (Å²) in [6.07, 6.45) is 0.708. The summed E-state index contributed by atoms with van der Waals surface area (Å²) in [4.78, 5) is 23.0. The molecule has 1 amide bonds. The van der Waals surface area contributed by atoms with E-state index in [2.05, 4.69) is 26.0 Å². The molecule has 116 valence electrons. The van der Waals surface area contributed by atoms with Crippen LogP contribution in [0.5, 0.6) is 5.75 Å². The lowest BCUT2D eigenvalue weighted by Crippen LogP contribution is -2.44. The minimum atomic E-state index is -1.02. The molecule has 0 aromatic heterocycles. The quantitative estimate of drug-likeness (QED) is 0.710. The molecular formula is C14H18BrNO5. The lowest BCUT2D eigenvalue weighted by molar-refractivity contribution is -0.146. The van der Waals surface area contributed by atoms with E-state index >= 15 is 0 Å². The van der Waals surface area contributed by atoms with Gasteiger partial charge in [0.1, 0.15) is 5.75 Å². The molecule has 0 aliphatic rings. The lowest BCUT2D eigenvalue weighted by Gasteiger charge is -2.13. The number of hydrogen-bond donors (Lipinski definition) is 2. The second-order valence-electron chi connectivity index (χ2n) is 4.29. The number of halogens is 1. The number of carbonyl (C=O) groups is 2. The van der Waals surface area contributed by atoms with Crippen LogP contribution < -0.4 is 10.1 Å². The zero-order valence-electron chi connectivity index (χ0n) is 11.9. The summed E-state index contributed by atoms with van der Waals surface area (Å²) < 4.78 is 10.4. The van der Waals surface area contributed by atoms with Crippen molar-refractivity contribution in [3.05, 3.63) is 28.2 Å². The number of nitrogens with one attached hydrogen (secondary N) is 1. The van der Waals surface area contributed by atoms with E-state index in [1.165, 1.54) is 7.11 Å². The van der Waals surface area contributed by atoms with Crippen LogP contribution in [0.3, 0.4) is 0 Å². The number of methoxy groups -OCH3 is 2. The van der Waals surface area contributed by atoms with Crippen molar-refractivity contribution < 1.29 is 24.2 Å². The SMILES string of the molecule is COC(=O)C(CO)NC(=O)CCc1ccc(OC)c(Br)c1. The molecule has 0 saturated carbocycles. The summed E-state index contributed by atoms with van der Waals surface area (Å²) in [6.45, 7) is -0.494. The highest BCUT2D eigenvalue weighted by Gasteiger charge is 2.20. The van der Waals surface area contributed by atoms with Gasteiger partial charge < -0.3 is 19.9 Å². The third kappa shape index (κ3) is 5.35. The van der Waals surface area contributed by atoms with Crippen molar-refractivity contribution >= 4 is 27.8 Å². The van der Waals surface area contributed by atoms with Crippen LogP contribution in [0, 0.1) is 0 Å². The third-order valence-electron chi connectivity index (χ3n) is 2.86. The summed E-state index contributed by atoms with van der Waals surface area (Å²) in [6, 6.07) is 4.52. The second kappa shape index (κ2) is 8.63. The van der Waals surface area contributed by atoms with Gasteiger partial charge in [-0.3, -0.25) is 4.79 Å². The number of rotatable bonds is 7. The Kier molecular flexibility index (Phi) is 7.18. The highest BCUT2D eigenvalue weighted by Crippen LogP contribution is 2.25. The maximum absolute atomic E-state index is 11.7. The molecule has 1 atom stereocenters. The molecule has 0 heterocycles. The van der Waals surface area contributed by atoms with Crippen LogP contribution in [0.2, 0.25) is 0 Å². The van der Waals surface area contributed by atoms with Crippen LogP contribution in [-0.2, 0) is 20.7 Å². The highest BCUT2D eigenvalue weighted by molar-refractivity contribution is 9.10. The Morgan fingerprint density at radius 1 is 1.38 bits per heavy atom. The van der Waals surface area contributed by atoms with Crippen LogP contribution >= 0.6 is 15.9 Å². The van der Waals surface area contributed by atoms with E-state index in [4.69, 9.17) is 9.84 Å². The van der Waals surface area contributed by atoms with E-state index in [0.717, 1.165) is 10.0 Å². The fraction of sp³-hybridized carbons (Fsp3) is 0.429. The standard InChI is InChI=1S/C14H18BrNO5/c1-20-12-5-3-9(7-10(12)15)4-6-13(18)16-11(8-17)14(19)21-2/h3,5,7,11,17H,4,6,8H2,1-2H3,(H,16,18). The topological polar surface area (TPSA) is 84.9 Å². The Morgan fingerprint density at radius 3 is 2.62 bits per heavy atom. The zero-order chi connectivity index (χ0) is 15.8. The zero-order valence-corrected chi connectivity index (χ0v) is 13.5. The molecule has 0 spiro atoms. The monoisotopic (exact) mass is 359 g/mol. The summed E-state index contributed by atoms with van der Waals surface area (Å²) >= 11 is 3.37. The van der Waals surface area contributed by atoms with E-state index in [1.54, 1.807) is 7.11 Å². The van der Waals surface area contributed by atoms with Gasteiger partial charge in [0.25, 0.3) is 0 Å². The van der Waals surface area contributed by atoms with Crippen LogP contribution in [0.1, 0.15) is 12.0 Å².